The van der Waals surface area contributed by atoms with E-state index in [0.29, 0.717) is 12.2 Å². The van der Waals surface area contributed by atoms with Crippen LogP contribution in [0.2, 0.25) is 0 Å². The number of ether oxygens (including phenoxy) is 1. The zero-order valence-electron chi connectivity index (χ0n) is 9.99. The van der Waals surface area contributed by atoms with Gasteiger partial charge >= 0.3 is 5.97 Å². The average Bonchev–Trinajstić information content (AvgIpc) is 2.25. The number of carboxylic acids is 1. The first-order valence-corrected chi connectivity index (χ1v) is 5.56. The summed E-state index contributed by atoms with van der Waals surface area (Å²) in [5.41, 5.74) is 1.26. The Morgan fingerprint density at radius 2 is 2.12 bits per heavy atom. The fraction of sp³-hybridized carbons (Fsp3) is 0.462. The van der Waals surface area contributed by atoms with Gasteiger partial charge in [0.1, 0.15) is 5.75 Å². The second-order valence-corrected chi connectivity index (χ2v) is 4.06. The van der Waals surface area contributed by atoms with Crippen molar-refractivity contribution in [2.45, 2.75) is 33.1 Å². The smallest absolute Gasteiger partial charge is 0.335 e. The van der Waals surface area contributed by atoms with Crippen molar-refractivity contribution in [2.75, 3.05) is 6.61 Å². The van der Waals surface area contributed by atoms with Crippen molar-refractivity contribution >= 4 is 5.97 Å². The van der Waals surface area contributed by atoms with Gasteiger partial charge in [-0.15, -0.1) is 0 Å². The number of rotatable bonds is 5. The van der Waals surface area contributed by atoms with Crippen LogP contribution in [0.1, 0.15) is 49.0 Å². The third kappa shape index (κ3) is 2.99. The summed E-state index contributed by atoms with van der Waals surface area (Å²) in [6, 6.07) is 5.02. The Labute approximate surface area is 96.1 Å². The largest absolute Gasteiger partial charge is 0.493 e. The molecule has 0 unspecified atom stereocenters. The molecular formula is C13H18O3. The maximum atomic E-state index is 10.9. The SMILES string of the molecule is CCCOc1ccc(C(=O)O)cc1C(C)C. The maximum Gasteiger partial charge on any atom is 0.335 e. The quantitative estimate of drug-likeness (QED) is 0.831. The third-order valence-corrected chi connectivity index (χ3v) is 2.34. The van der Waals surface area contributed by atoms with Gasteiger partial charge in [0.05, 0.1) is 12.2 Å². The van der Waals surface area contributed by atoms with Gasteiger partial charge in [0.15, 0.2) is 0 Å². The van der Waals surface area contributed by atoms with E-state index in [2.05, 4.69) is 0 Å². The minimum absolute atomic E-state index is 0.256. The van der Waals surface area contributed by atoms with Crippen LogP contribution in [0.25, 0.3) is 0 Å². The Morgan fingerprint density at radius 3 is 2.62 bits per heavy atom. The van der Waals surface area contributed by atoms with Crippen molar-refractivity contribution in [1.82, 2.24) is 0 Å². The second-order valence-electron chi connectivity index (χ2n) is 4.06. The molecule has 1 aromatic carbocycles. The summed E-state index contributed by atoms with van der Waals surface area (Å²) in [4.78, 5) is 10.9. The van der Waals surface area contributed by atoms with Gasteiger partial charge in [0.2, 0.25) is 0 Å². The van der Waals surface area contributed by atoms with Crippen molar-refractivity contribution in [1.29, 1.82) is 0 Å². The number of carbonyl (C=O) groups is 1. The molecule has 0 aliphatic heterocycles. The standard InChI is InChI=1S/C13H18O3/c1-4-7-16-12-6-5-10(13(14)15)8-11(12)9(2)3/h5-6,8-9H,4,7H2,1-3H3,(H,14,15). The lowest BCUT2D eigenvalue weighted by Crippen LogP contribution is -2.03. The summed E-state index contributed by atoms with van der Waals surface area (Å²) >= 11 is 0. The van der Waals surface area contributed by atoms with Crippen molar-refractivity contribution in [3.8, 4) is 5.75 Å². The van der Waals surface area contributed by atoms with Crippen LogP contribution in [0.4, 0.5) is 0 Å². The topological polar surface area (TPSA) is 46.5 Å². The highest BCUT2D eigenvalue weighted by Crippen LogP contribution is 2.27. The maximum absolute atomic E-state index is 10.9. The van der Waals surface area contributed by atoms with E-state index in [1.807, 2.05) is 20.8 Å². The number of carboxylic acid groups (broad SMARTS) is 1. The Morgan fingerprint density at radius 1 is 1.44 bits per heavy atom. The summed E-state index contributed by atoms with van der Waals surface area (Å²) in [5, 5.41) is 8.92. The average molecular weight is 222 g/mol. The van der Waals surface area contributed by atoms with Crippen molar-refractivity contribution in [3.63, 3.8) is 0 Å². The summed E-state index contributed by atoms with van der Waals surface area (Å²) in [6.45, 7) is 6.76. The molecule has 0 saturated carbocycles. The molecule has 0 aromatic heterocycles. The highest BCUT2D eigenvalue weighted by molar-refractivity contribution is 5.88. The zero-order chi connectivity index (χ0) is 12.1. The fourth-order valence-electron chi connectivity index (χ4n) is 1.48. The minimum atomic E-state index is -0.899. The second kappa shape index (κ2) is 5.54. The summed E-state index contributed by atoms with van der Waals surface area (Å²) < 4.78 is 5.59. The highest BCUT2D eigenvalue weighted by Gasteiger charge is 2.11. The monoisotopic (exact) mass is 222 g/mol. The van der Waals surface area contributed by atoms with Gasteiger partial charge in [-0.1, -0.05) is 20.8 Å². The zero-order valence-corrected chi connectivity index (χ0v) is 9.99. The Bertz CT molecular complexity index is 369. The van der Waals surface area contributed by atoms with E-state index >= 15 is 0 Å². The van der Waals surface area contributed by atoms with Gasteiger partial charge in [-0.2, -0.15) is 0 Å². The van der Waals surface area contributed by atoms with Gasteiger partial charge in [0.25, 0.3) is 0 Å². The molecule has 0 spiro atoms. The van der Waals surface area contributed by atoms with Gasteiger partial charge in [0, 0.05) is 0 Å². The highest BCUT2D eigenvalue weighted by atomic mass is 16.5. The molecule has 88 valence electrons. The third-order valence-electron chi connectivity index (χ3n) is 2.34. The van der Waals surface area contributed by atoms with Crippen LogP contribution >= 0.6 is 0 Å². The predicted molar refractivity (Wildman–Crippen MR) is 63.3 cm³/mol. The first-order valence-electron chi connectivity index (χ1n) is 5.56. The molecule has 0 amide bonds. The van der Waals surface area contributed by atoms with Crippen molar-refractivity contribution in [3.05, 3.63) is 29.3 Å². The van der Waals surface area contributed by atoms with Crippen LogP contribution in [0.5, 0.6) is 5.75 Å². The lowest BCUT2D eigenvalue weighted by molar-refractivity contribution is 0.0696. The first kappa shape index (κ1) is 12.6. The predicted octanol–water partition coefficient (Wildman–Crippen LogP) is 3.30. The van der Waals surface area contributed by atoms with Gasteiger partial charge in [-0.05, 0) is 36.1 Å². The molecule has 3 heteroatoms. The number of aromatic carboxylic acids is 1. The van der Waals surface area contributed by atoms with Gasteiger partial charge in [-0.25, -0.2) is 4.79 Å². The summed E-state index contributed by atoms with van der Waals surface area (Å²) in [5.74, 6) is 0.150. The molecule has 0 radical (unpaired) electrons. The Hall–Kier alpha value is -1.51. The van der Waals surface area contributed by atoms with Crippen LogP contribution in [0, 0.1) is 0 Å². The molecule has 16 heavy (non-hydrogen) atoms. The first-order chi connectivity index (χ1) is 7.56. The molecule has 0 atom stereocenters. The lowest BCUT2D eigenvalue weighted by Gasteiger charge is -2.14. The van der Waals surface area contributed by atoms with Crippen molar-refractivity contribution in [2.24, 2.45) is 0 Å². The number of hydrogen-bond donors (Lipinski definition) is 1. The Balaban J connectivity index is 3.04. The van der Waals surface area contributed by atoms with E-state index in [1.54, 1.807) is 18.2 Å². The number of hydrogen-bond acceptors (Lipinski definition) is 2. The molecule has 1 N–H and O–H groups in total. The lowest BCUT2D eigenvalue weighted by atomic mass is 9.99. The van der Waals surface area contributed by atoms with E-state index in [-0.39, 0.29) is 5.92 Å². The van der Waals surface area contributed by atoms with E-state index in [0.717, 1.165) is 17.7 Å². The van der Waals surface area contributed by atoms with Crippen molar-refractivity contribution < 1.29 is 14.6 Å². The van der Waals surface area contributed by atoms with E-state index in [4.69, 9.17) is 9.84 Å². The molecule has 1 aromatic rings. The molecule has 0 bridgehead atoms. The van der Waals surface area contributed by atoms with Crippen LogP contribution in [-0.2, 0) is 0 Å². The molecule has 0 heterocycles. The molecule has 3 nitrogen and oxygen atoms in total. The molecule has 0 saturated heterocycles. The normalized spacial score (nSPS) is 10.5. The fourth-order valence-corrected chi connectivity index (χ4v) is 1.48. The van der Waals surface area contributed by atoms with Crippen LogP contribution in [0.3, 0.4) is 0 Å². The number of benzene rings is 1. The van der Waals surface area contributed by atoms with E-state index in [1.165, 1.54) is 0 Å². The van der Waals surface area contributed by atoms with Crippen LogP contribution < -0.4 is 4.74 Å². The molecule has 0 aliphatic rings. The summed E-state index contributed by atoms with van der Waals surface area (Å²) in [6.07, 6.45) is 0.943. The summed E-state index contributed by atoms with van der Waals surface area (Å²) in [7, 11) is 0. The van der Waals surface area contributed by atoms with Gasteiger partial charge in [-0.3, -0.25) is 0 Å². The Kier molecular flexibility index (Phi) is 4.35. The van der Waals surface area contributed by atoms with Gasteiger partial charge < -0.3 is 9.84 Å². The van der Waals surface area contributed by atoms with E-state index < -0.39 is 5.97 Å². The van der Waals surface area contributed by atoms with Crippen LogP contribution in [-0.4, -0.2) is 17.7 Å². The minimum Gasteiger partial charge on any atom is -0.493 e. The van der Waals surface area contributed by atoms with Crippen LogP contribution in [0.15, 0.2) is 18.2 Å². The molecule has 0 aliphatic carbocycles. The molecule has 0 fully saturated rings. The van der Waals surface area contributed by atoms with E-state index in [9.17, 15) is 4.79 Å². The molecular weight excluding hydrogens is 204 g/mol. The molecule has 1 rings (SSSR count).